The van der Waals surface area contributed by atoms with Crippen LogP contribution in [0.3, 0.4) is 0 Å². The second-order valence-corrected chi connectivity index (χ2v) is 6.25. The summed E-state index contributed by atoms with van der Waals surface area (Å²) in [5.74, 6) is 2.33. The molecule has 0 heterocycles. The van der Waals surface area contributed by atoms with Gasteiger partial charge in [-0.1, -0.05) is 46.8 Å². The Labute approximate surface area is 129 Å². The number of nitrogens with one attached hydrogen (secondary N) is 1. The highest BCUT2D eigenvalue weighted by Crippen LogP contribution is 2.19. The molecule has 3 heteroatoms. The van der Waals surface area contributed by atoms with Crippen molar-refractivity contribution in [1.29, 1.82) is 0 Å². The van der Waals surface area contributed by atoms with Gasteiger partial charge in [0.05, 0.1) is 0 Å². The lowest BCUT2D eigenvalue weighted by atomic mass is 9.85. The highest BCUT2D eigenvalue weighted by molar-refractivity contribution is 5.77. The number of amides is 1. The molecule has 118 valence electrons. The molecule has 1 aromatic rings. The quantitative estimate of drug-likeness (QED) is 0.793. The van der Waals surface area contributed by atoms with E-state index in [0.29, 0.717) is 24.3 Å². The van der Waals surface area contributed by atoms with Gasteiger partial charge in [0, 0.05) is 6.54 Å². The van der Waals surface area contributed by atoms with Gasteiger partial charge in [-0.2, -0.15) is 0 Å². The molecule has 21 heavy (non-hydrogen) atoms. The lowest BCUT2D eigenvalue weighted by Crippen LogP contribution is -2.36. The van der Waals surface area contributed by atoms with Crippen molar-refractivity contribution in [3.05, 3.63) is 29.8 Å². The van der Waals surface area contributed by atoms with Crippen LogP contribution in [0, 0.1) is 17.8 Å². The molecule has 0 spiro atoms. The molecule has 1 rings (SSSR count). The third-order valence-corrected chi connectivity index (χ3v) is 3.92. The smallest absolute Gasteiger partial charge is 0.257 e. The number of benzene rings is 1. The number of rotatable bonds is 8. The highest BCUT2D eigenvalue weighted by atomic mass is 16.5. The summed E-state index contributed by atoms with van der Waals surface area (Å²) in [6.45, 7) is 11.7. The minimum Gasteiger partial charge on any atom is -0.484 e. The van der Waals surface area contributed by atoms with Crippen LogP contribution < -0.4 is 10.1 Å². The molecule has 0 saturated carbocycles. The van der Waals surface area contributed by atoms with Crippen LogP contribution in [0.2, 0.25) is 0 Å². The van der Waals surface area contributed by atoms with E-state index in [0.717, 1.165) is 12.2 Å². The van der Waals surface area contributed by atoms with Crippen LogP contribution in [0.25, 0.3) is 0 Å². The molecule has 1 aromatic carbocycles. The summed E-state index contributed by atoms with van der Waals surface area (Å²) in [4.78, 5) is 11.9. The summed E-state index contributed by atoms with van der Waals surface area (Å²) in [5, 5.41) is 2.98. The van der Waals surface area contributed by atoms with Crippen molar-refractivity contribution in [2.45, 2.75) is 41.0 Å². The molecule has 0 bridgehead atoms. The maximum Gasteiger partial charge on any atom is 0.257 e. The monoisotopic (exact) mass is 291 g/mol. The van der Waals surface area contributed by atoms with Crippen molar-refractivity contribution in [2.75, 3.05) is 13.2 Å². The van der Waals surface area contributed by atoms with Gasteiger partial charge in [0.25, 0.3) is 5.91 Å². The fourth-order valence-corrected chi connectivity index (χ4v) is 2.53. The molecule has 1 amide bonds. The third-order valence-electron chi connectivity index (χ3n) is 3.92. The molecule has 0 unspecified atom stereocenters. The molecular weight excluding hydrogens is 262 g/mol. The summed E-state index contributed by atoms with van der Waals surface area (Å²) in [5.41, 5.74) is 1.22. The van der Waals surface area contributed by atoms with E-state index in [1.54, 1.807) is 0 Å². The van der Waals surface area contributed by atoms with Crippen molar-refractivity contribution < 1.29 is 9.53 Å². The van der Waals surface area contributed by atoms with E-state index in [4.69, 9.17) is 4.74 Å². The third kappa shape index (κ3) is 6.19. The summed E-state index contributed by atoms with van der Waals surface area (Å²) >= 11 is 0. The molecule has 0 radical (unpaired) electrons. The van der Waals surface area contributed by atoms with E-state index >= 15 is 0 Å². The van der Waals surface area contributed by atoms with Gasteiger partial charge in [-0.15, -0.1) is 0 Å². The molecular formula is C18H29NO2. The van der Waals surface area contributed by atoms with Crippen LogP contribution >= 0.6 is 0 Å². The number of hydrogen-bond acceptors (Lipinski definition) is 2. The number of aryl methyl sites for hydroxylation is 1. The van der Waals surface area contributed by atoms with Gasteiger partial charge < -0.3 is 10.1 Å². The van der Waals surface area contributed by atoms with Crippen LogP contribution in [0.1, 0.15) is 40.2 Å². The number of hydrogen-bond donors (Lipinski definition) is 1. The second kappa shape index (κ2) is 8.71. The molecule has 0 atom stereocenters. The first-order valence-electron chi connectivity index (χ1n) is 7.92. The van der Waals surface area contributed by atoms with Gasteiger partial charge in [-0.3, -0.25) is 4.79 Å². The Bertz CT molecular complexity index is 433. The van der Waals surface area contributed by atoms with Gasteiger partial charge in [0.2, 0.25) is 0 Å². The molecule has 0 saturated heterocycles. The van der Waals surface area contributed by atoms with E-state index in [9.17, 15) is 4.79 Å². The normalized spacial score (nSPS) is 11.2. The molecule has 0 aromatic heterocycles. The summed E-state index contributed by atoms with van der Waals surface area (Å²) < 4.78 is 5.55. The topological polar surface area (TPSA) is 38.3 Å². The average Bonchev–Trinajstić information content (AvgIpc) is 2.44. The lowest BCUT2D eigenvalue weighted by Gasteiger charge is -2.25. The van der Waals surface area contributed by atoms with E-state index in [1.165, 1.54) is 5.56 Å². The van der Waals surface area contributed by atoms with Gasteiger partial charge in [-0.05, 0) is 41.9 Å². The Kier molecular flexibility index (Phi) is 7.27. The molecule has 1 N–H and O–H groups in total. The second-order valence-electron chi connectivity index (χ2n) is 6.25. The van der Waals surface area contributed by atoms with Crippen molar-refractivity contribution in [1.82, 2.24) is 5.32 Å². The molecule has 3 nitrogen and oxygen atoms in total. The van der Waals surface area contributed by atoms with Crippen molar-refractivity contribution in [2.24, 2.45) is 17.8 Å². The maximum absolute atomic E-state index is 11.9. The van der Waals surface area contributed by atoms with E-state index in [2.05, 4.69) is 46.0 Å². The zero-order valence-electron chi connectivity index (χ0n) is 14.0. The highest BCUT2D eigenvalue weighted by Gasteiger charge is 2.18. The zero-order chi connectivity index (χ0) is 15.8. The van der Waals surface area contributed by atoms with Crippen LogP contribution in [0.15, 0.2) is 24.3 Å². The molecule has 0 fully saturated rings. The number of ether oxygens (including phenoxy) is 1. The number of carbonyl (C=O) groups is 1. The minimum atomic E-state index is -0.0526. The predicted octanol–water partition coefficient (Wildman–Crippen LogP) is 3.67. The van der Waals surface area contributed by atoms with Crippen molar-refractivity contribution in [3.8, 4) is 5.75 Å². The SMILES string of the molecule is CCc1cccc(OCC(=O)NCC(C(C)C)C(C)C)c1. The predicted molar refractivity (Wildman–Crippen MR) is 87.5 cm³/mol. The summed E-state index contributed by atoms with van der Waals surface area (Å²) in [6.07, 6.45) is 0.966. The Morgan fingerprint density at radius 2 is 1.86 bits per heavy atom. The fraction of sp³-hybridized carbons (Fsp3) is 0.611. The van der Waals surface area contributed by atoms with Gasteiger partial charge in [-0.25, -0.2) is 0 Å². The van der Waals surface area contributed by atoms with Crippen molar-refractivity contribution >= 4 is 5.91 Å². The molecule has 0 aliphatic rings. The first kappa shape index (κ1) is 17.5. The first-order chi connectivity index (χ1) is 9.93. The van der Waals surface area contributed by atoms with Crippen LogP contribution in [-0.4, -0.2) is 19.1 Å². The maximum atomic E-state index is 11.9. The summed E-state index contributed by atoms with van der Waals surface area (Å²) in [6, 6.07) is 7.89. The van der Waals surface area contributed by atoms with Gasteiger partial charge >= 0.3 is 0 Å². The largest absolute Gasteiger partial charge is 0.484 e. The Morgan fingerprint density at radius 1 is 1.19 bits per heavy atom. The summed E-state index contributed by atoms with van der Waals surface area (Å²) in [7, 11) is 0. The van der Waals surface area contributed by atoms with Gasteiger partial charge in [0.1, 0.15) is 5.75 Å². The van der Waals surface area contributed by atoms with Gasteiger partial charge in [0.15, 0.2) is 6.61 Å². The van der Waals surface area contributed by atoms with Crippen molar-refractivity contribution in [3.63, 3.8) is 0 Å². The first-order valence-corrected chi connectivity index (χ1v) is 7.92. The molecule has 0 aliphatic heterocycles. The molecule has 0 aliphatic carbocycles. The van der Waals surface area contributed by atoms with Crippen LogP contribution in [-0.2, 0) is 11.2 Å². The van der Waals surface area contributed by atoms with Crippen LogP contribution in [0.4, 0.5) is 0 Å². The lowest BCUT2D eigenvalue weighted by molar-refractivity contribution is -0.123. The van der Waals surface area contributed by atoms with E-state index < -0.39 is 0 Å². The van der Waals surface area contributed by atoms with E-state index in [-0.39, 0.29) is 12.5 Å². The van der Waals surface area contributed by atoms with Crippen LogP contribution in [0.5, 0.6) is 5.75 Å². The van der Waals surface area contributed by atoms with E-state index in [1.807, 2.05) is 18.2 Å². The fourth-order valence-electron chi connectivity index (χ4n) is 2.53. The Morgan fingerprint density at radius 3 is 2.43 bits per heavy atom. The average molecular weight is 291 g/mol. The Hall–Kier alpha value is -1.51. The Balaban J connectivity index is 2.40. The zero-order valence-corrected chi connectivity index (χ0v) is 14.0. The standard InChI is InChI=1S/C18H29NO2/c1-6-15-8-7-9-16(10-15)21-12-18(20)19-11-17(13(2)3)14(4)5/h7-10,13-14,17H,6,11-12H2,1-5H3,(H,19,20). The minimum absolute atomic E-state index is 0.0526. The number of carbonyl (C=O) groups excluding carboxylic acids is 1.